The molecule has 1 fully saturated rings. The predicted molar refractivity (Wildman–Crippen MR) is 123 cm³/mol. The number of carbonyl (C=O) groups excluding carboxylic acids is 1. The molecule has 6 nitrogen and oxygen atoms in total. The topological polar surface area (TPSA) is 59.4 Å². The Morgan fingerprint density at radius 2 is 1.84 bits per heavy atom. The first-order valence-electron chi connectivity index (χ1n) is 10.8. The van der Waals surface area contributed by atoms with Crippen molar-refractivity contribution < 1.29 is 9.53 Å². The van der Waals surface area contributed by atoms with Gasteiger partial charge < -0.3 is 10.1 Å². The third-order valence-electron chi connectivity index (χ3n) is 5.82. The highest BCUT2D eigenvalue weighted by atomic mass is 16.5. The van der Waals surface area contributed by atoms with E-state index >= 15 is 0 Å². The van der Waals surface area contributed by atoms with Crippen molar-refractivity contribution in [3.8, 4) is 16.9 Å². The molecule has 162 valence electrons. The highest BCUT2D eigenvalue weighted by Crippen LogP contribution is 2.25. The summed E-state index contributed by atoms with van der Waals surface area (Å²) in [5.74, 6) is -0.111. The van der Waals surface area contributed by atoms with Crippen LogP contribution < -0.4 is 5.32 Å². The van der Waals surface area contributed by atoms with Gasteiger partial charge in [-0.15, -0.1) is 0 Å². The minimum absolute atomic E-state index is 0.111. The van der Waals surface area contributed by atoms with Gasteiger partial charge in [-0.25, -0.2) is 4.68 Å². The zero-order valence-electron chi connectivity index (χ0n) is 18.5. The van der Waals surface area contributed by atoms with E-state index in [1.165, 1.54) is 0 Å². The summed E-state index contributed by atoms with van der Waals surface area (Å²) in [5, 5.41) is 7.93. The second-order valence-electron chi connectivity index (χ2n) is 8.64. The highest BCUT2D eigenvalue weighted by molar-refractivity contribution is 6.00. The van der Waals surface area contributed by atoms with E-state index in [2.05, 4.69) is 30.1 Å². The van der Waals surface area contributed by atoms with Gasteiger partial charge in [-0.2, -0.15) is 5.10 Å². The molecule has 0 aliphatic carbocycles. The number of aryl methyl sites for hydroxylation is 1. The number of morpholine rings is 1. The summed E-state index contributed by atoms with van der Waals surface area (Å²) in [5.41, 5.74) is 4.10. The Kier molecular flexibility index (Phi) is 6.20. The summed E-state index contributed by atoms with van der Waals surface area (Å²) >= 11 is 0. The third-order valence-corrected chi connectivity index (χ3v) is 5.82. The molecule has 0 saturated carbocycles. The van der Waals surface area contributed by atoms with Crippen molar-refractivity contribution in [2.24, 2.45) is 0 Å². The molecule has 2 heterocycles. The number of para-hydroxylation sites is 1. The van der Waals surface area contributed by atoms with Gasteiger partial charge in [-0.1, -0.05) is 42.0 Å². The number of rotatable bonds is 6. The van der Waals surface area contributed by atoms with Gasteiger partial charge in [0.15, 0.2) is 0 Å². The molecule has 1 aliphatic rings. The Bertz CT molecular complexity index is 1040. The number of carbonyl (C=O) groups is 1. The minimum Gasteiger partial charge on any atom is -0.379 e. The SMILES string of the molecule is Cc1cccc(-c2nn(-c3ccccc3)cc2C(=O)NCC(C)(C)N2CCOCC2)c1. The smallest absolute Gasteiger partial charge is 0.255 e. The quantitative estimate of drug-likeness (QED) is 0.663. The molecule has 0 bridgehead atoms. The first-order chi connectivity index (χ1) is 14.9. The molecule has 1 saturated heterocycles. The third kappa shape index (κ3) is 4.86. The number of aromatic nitrogens is 2. The zero-order valence-corrected chi connectivity index (χ0v) is 18.5. The molecule has 6 heteroatoms. The van der Waals surface area contributed by atoms with Gasteiger partial charge in [0.2, 0.25) is 0 Å². The normalized spacial score (nSPS) is 15.1. The molecule has 0 unspecified atom stereocenters. The van der Waals surface area contributed by atoms with Crippen LogP contribution >= 0.6 is 0 Å². The molecular weight excluding hydrogens is 388 g/mol. The lowest BCUT2D eigenvalue weighted by Crippen LogP contribution is -2.55. The van der Waals surface area contributed by atoms with Crippen LogP contribution in [-0.4, -0.2) is 59.0 Å². The number of hydrogen-bond acceptors (Lipinski definition) is 4. The van der Waals surface area contributed by atoms with E-state index in [0.29, 0.717) is 17.8 Å². The number of hydrogen-bond donors (Lipinski definition) is 1. The van der Waals surface area contributed by atoms with Gasteiger partial charge in [0, 0.05) is 36.9 Å². The Morgan fingerprint density at radius 1 is 1.10 bits per heavy atom. The molecule has 0 atom stereocenters. The molecule has 1 N–H and O–H groups in total. The highest BCUT2D eigenvalue weighted by Gasteiger charge is 2.29. The lowest BCUT2D eigenvalue weighted by Gasteiger charge is -2.40. The van der Waals surface area contributed by atoms with Gasteiger partial charge in [-0.3, -0.25) is 9.69 Å². The van der Waals surface area contributed by atoms with Crippen LogP contribution in [0.1, 0.15) is 29.8 Å². The van der Waals surface area contributed by atoms with Gasteiger partial charge in [0.1, 0.15) is 5.69 Å². The van der Waals surface area contributed by atoms with Crippen molar-refractivity contribution in [1.82, 2.24) is 20.0 Å². The Labute approximate surface area is 183 Å². The average Bonchev–Trinajstić information content (AvgIpc) is 3.24. The van der Waals surface area contributed by atoms with Crippen LogP contribution in [0.5, 0.6) is 0 Å². The van der Waals surface area contributed by atoms with Crippen LogP contribution in [0.2, 0.25) is 0 Å². The van der Waals surface area contributed by atoms with E-state index in [9.17, 15) is 4.79 Å². The van der Waals surface area contributed by atoms with Crippen LogP contribution in [0.4, 0.5) is 0 Å². The minimum atomic E-state index is -0.154. The monoisotopic (exact) mass is 418 g/mol. The number of nitrogens with zero attached hydrogens (tertiary/aromatic N) is 3. The van der Waals surface area contributed by atoms with Gasteiger partial charge in [-0.05, 0) is 39.0 Å². The second-order valence-corrected chi connectivity index (χ2v) is 8.64. The fourth-order valence-electron chi connectivity index (χ4n) is 3.93. The van der Waals surface area contributed by atoms with Crippen LogP contribution in [0.3, 0.4) is 0 Å². The Balaban J connectivity index is 1.61. The molecule has 0 radical (unpaired) electrons. The average molecular weight is 419 g/mol. The molecule has 1 amide bonds. The number of amides is 1. The summed E-state index contributed by atoms with van der Waals surface area (Å²) in [7, 11) is 0. The van der Waals surface area contributed by atoms with Crippen LogP contribution in [0, 0.1) is 6.92 Å². The van der Waals surface area contributed by atoms with Gasteiger partial charge in [0.25, 0.3) is 5.91 Å². The lowest BCUT2D eigenvalue weighted by molar-refractivity contribution is -0.00923. The van der Waals surface area contributed by atoms with Crippen molar-refractivity contribution in [3.63, 3.8) is 0 Å². The van der Waals surface area contributed by atoms with Crippen LogP contribution in [-0.2, 0) is 4.74 Å². The van der Waals surface area contributed by atoms with Crippen molar-refractivity contribution in [1.29, 1.82) is 0 Å². The summed E-state index contributed by atoms with van der Waals surface area (Å²) in [6.07, 6.45) is 1.82. The van der Waals surface area contributed by atoms with E-state index in [1.807, 2.05) is 61.7 Å². The first kappa shape index (κ1) is 21.3. The van der Waals surface area contributed by atoms with Crippen molar-refractivity contribution in [2.45, 2.75) is 26.3 Å². The van der Waals surface area contributed by atoms with E-state index in [0.717, 1.165) is 43.1 Å². The largest absolute Gasteiger partial charge is 0.379 e. The predicted octanol–water partition coefficient (Wildman–Crippen LogP) is 3.69. The van der Waals surface area contributed by atoms with E-state index in [-0.39, 0.29) is 11.4 Å². The maximum absolute atomic E-state index is 13.3. The van der Waals surface area contributed by atoms with E-state index in [4.69, 9.17) is 9.84 Å². The van der Waals surface area contributed by atoms with Gasteiger partial charge >= 0.3 is 0 Å². The van der Waals surface area contributed by atoms with Crippen LogP contribution in [0.25, 0.3) is 16.9 Å². The van der Waals surface area contributed by atoms with Crippen LogP contribution in [0.15, 0.2) is 60.8 Å². The summed E-state index contributed by atoms with van der Waals surface area (Å²) < 4.78 is 7.25. The van der Waals surface area contributed by atoms with Crippen molar-refractivity contribution >= 4 is 5.91 Å². The molecular formula is C25H30N4O2. The summed E-state index contributed by atoms with van der Waals surface area (Å²) in [6, 6.07) is 18.0. The first-order valence-corrected chi connectivity index (χ1v) is 10.8. The fourth-order valence-corrected chi connectivity index (χ4v) is 3.93. The lowest BCUT2D eigenvalue weighted by atomic mass is 10.0. The molecule has 4 rings (SSSR count). The Hall–Kier alpha value is -2.96. The number of ether oxygens (including phenoxy) is 1. The van der Waals surface area contributed by atoms with Gasteiger partial charge in [0.05, 0.1) is 24.5 Å². The standard InChI is InChI=1S/C25H30N4O2/c1-19-8-7-9-20(16-19)23-22(17-29(27-23)21-10-5-4-6-11-21)24(30)26-18-25(2,3)28-12-14-31-15-13-28/h4-11,16-17H,12-15,18H2,1-3H3,(H,26,30). The number of benzene rings is 2. The fraction of sp³-hybridized carbons (Fsp3) is 0.360. The zero-order chi connectivity index (χ0) is 21.8. The molecule has 31 heavy (non-hydrogen) atoms. The Morgan fingerprint density at radius 3 is 2.55 bits per heavy atom. The maximum atomic E-state index is 13.3. The van der Waals surface area contributed by atoms with Crippen molar-refractivity contribution in [3.05, 3.63) is 71.9 Å². The van der Waals surface area contributed by atoms with E-state index in [1.54, 1.807) is 4.68 Å². The summed E-state index contributed by atoms with van der Waals surface area (Å²) in [6.45, 7) is 10.1. The van der Waals surface area contributed by atoms with Crippen molar-refractivity contribution in [2.75, 3.05) is 32.8 Å². The molecule has 0 spiro atoms. The summed E-state index contributed by atoms with van der Waals surface area (Å²) in [4.78, 5) is 15.7. The van der Waals surface area contributed by atoms with E-state index < -0.39 is 0 Å². The maximum Gasteiger partial charge on any atom is 0.255 e. The molecule has 2 aromatic carbocycles. The molecule has 1 aliphatic heterocycles. The molecule has 3 aromatic rings. The second kappa shape index (κ2) is 9.04. The molecule has 1 aromatic heterocycles. The number of nitrogens with one attached hydrogen (secondary N) is 1.